The van der Waals surface area contributed by atoms with E-state index in [4.69, 9.17) is 0 Å². The molecule has 0 nitrogen and oxygen atoms in total. The van der Waals surface area contributed by atoms with Crippen LogP contribution in [-0.2, 0) is 0 Å². The summed E-state index contributed by atoms with van der Waals surface area (Å²) in [4.78, 5) is 0. The first-order chi connectivity index (χ1) is 10.2. The van der Waals surface area contributed by atoms with E-state index in [-0.39, 0.29) is 0 Å². The molecule has 0 unspecified atom stereocenters. The standard InChI is InChI=1S/C21H32/c1-3-12-21-14-5-4-7-16(21)9-10-17-18-8-6-13-20(18,2)15-11-19(17)21/h3,9,17-19H,1,4-8,10-15H2,2H3/t17-,18-,19+,20-,21-/m0/s1. The molecule has 0 N–H and O–H groups in total. The van der Waals surface area contributed by atoms with Crippen LogP contribution in [0.15, 0.2) is 24.3 Å². The summed E-state index contributed by atoms with van der Waals surface area (Å²) in [6.45, 7) is 6.74. The van der Waals surface area contributed by atoms with E-state index in [2.05, 4.69) is 25.7 Å². The molecule has 0 saturated heterocycles. The van der Waals surface area contributed by atoms with Gasteiger partial charge in [0.1, 0.15) is 0 Å². The topological polar surface area (TPSA) is 0 Å². The van der Waals surface area contributed by atoms with Gasteiger partial charge in [0.25, 0.3) is 0 Å². The Bertz CT molecular complexity index is 459. The number of allylic oxidation sites excluding steroid dienone is 3. The fraction of sp³-hybridized carbons (Fsp3) is 0.810. The van der Waals surface area contributed by atoms with Gasteiger partial charge in [-0.2, -0.15) is 0 Å². The zero-order valence-electron chi connectivity index (χ0n) is 13.9. The highest BCUT2D eigenvalue weighted by Crippen LogP contribution is 2.65. The molecule has 0 amide bonds. The molecular formula is C21H32. The van der Waals surface area contributed by atoms with Gasteiger partial charge in [-0.3, -0.25) is 0 Å². The highest BCUT2D eigenvalue weighted by Gasteiger charge is 2.56. The zero-order valence-corrected chi connectivity index (χ0v) is 13.9. The van der Waals surface area contributed by atoms with Crippen molar-refractivity contribution in [3.8, 4) is 0 Å². The van der Waals surface area contributed by atoms with Crippen LogP contribution in [0.1, 0.15) is 77.6 Å². The summed E-state index contributed by atoms with van der Waals surface area (Å²) in [5, 5.41) is 0. The predicted molar refractivity (Wildman–Crippen MR) is 90.1 cm³/mol. The molecule has 0 aliphatic heterocycles. The molecule has 0 aromatic carbocycles. The highest BCUT2D eigenvalue weighted by molar-refractivity contribution is 5.26. The molecule has 0 aromatic rings. The molecule has 4 rings (SSSR count). The van der Waals surface area contributed by atoms with E-state index < -0.39 is 0 Å². The molecule has 4 aliphatic carbocycles. The monoisotopic (exact) mass is 284 g/mol. The van der Waals surface area contributed by atoms with E-state index >= 15 is 0 Å². The van der Waals surface area contributed by atoms with Crippen LogP contribution in [-0.4, -0.2) is 0 Å². The van der Waals surface area contributed by atoms with Crippen molar-refractivity contribution in [3.05, 3.63) is 24.3 Å². The Morgan fingerprint density at radius 3 is 2.90 bits per heavy atom. The second-order valence-electron chi connectivity index (χ2n) is 8.78. The Labute approximate surface area is 131 Å². The fourth-order valence-electron chi connectivity index (χ4n) is 7.11. The maximum Gasteiger partial charge on any atom is -0.00227 e. The zero-order chi connectivity index (χ0) is 14.5. The van der Waals surface area contributed by atoms with Crippen molar-refractivity contribution < 1.29 is 0 Å². The molecule has 0 spiro atoms. The van der Waals surface area contributed by atoms with Gasteiger partial charge in [-0.25, -0.2) is 0 Å². The fourth-order valence-corrected chi connectivity index (χ4v) is 7.11. The first-order valence-electron chi connectivity index (χ1n) is 9.50. The van der Waals surface area contributed by atoms with Gasteiger partial charge in [-0.15, -0.1) is 6.58 Å². The van der Waals surface area contributed by atoms with Crippen molar-refractivity contribution in [1.82, 2.24) is 0 Å². The molecule has 4 aliphatic rings. The number of hydrogen-bond donors (Lipinski definition) is 0. The lowest BCUT2D eigenvalue weighted by molar-refractivity contribution is -0.0312. The van der Waals surface area contributed by atoms with Crippen LogP contribution >= 0.6 is 0 Å². The van der Waals surface area contributed by atoms with Crippen LogP contribution in [0, 0.1) is 28.6 Å². The first kappa shape index (κ1) is 14.1. The van der Waals surface area contributed by atoms with Gasteiger partial charge in [-0.1, -0.05) is 37.5 Å². The smallest absolute Gasteiger partial charge is 0.00227 e. The van der Waals surface area contributed by atoms with Crippen LogP contribution in [0.3, 0.4) is 0 Å². The lowest BCUT2D eigenvalue weighted by Crippen LogP contribution is -2.49. The summed E-state index contributed by atoms with van der Waals surface area (Å²) in [5.41, 5.74) is 3.07. The molecule has 21 heavy (non-hydrogen) atoms. The van der Waals surface area contributed by atoms with Crippen molar-refractivity contribution in [3.63, 3.8) is 0 Å². The second-order valence-corrected chi connectivity index (χ2v) is 8.78. The predicted octanol–water partition coefficient (Wildman–Crippen LogP) is 6.29. The molecule has 116 valence electrons. The van der Waals surface area contributed by atoms with Gasteiger partial charge in [0.15, 0.2) is 0 Å². The van der Waals surface area contributed by atoms with Gasteiger partial charge in [0, 0.05) is 0 Å². The Morgan fingerprint density at radius 1 is 1.14 bits per heavy atom. The lowest BCUT2D eigenvalue weighted by atomic mass is 9.47. The normalized spacial score (nSPS) is 48.8. The molecule has 0 aromatic heterocycles. The molecular weight excluding hydrogens is 252 g/mol. The van der Waals surface area contributed by atoms with Crippen LogP contribution in [0.4, 0.5) is 0 Å². The third-order valence-corrected chi connectivity index (χ3v) is 8.03. The minimum atomic E-state index is 0.535. The van der Waals surface area contributed by atoms with Crippen molar-refractivity contribution in [2.24, 2.45) is 28.6 Å². The molecule has 3 saturated carbocycles. The number of hydrogen-bond acceptors (Lipinski definition) is 0. The van der Waals surface area contributed by atoms with E-state index in [0.29, 0.717) is 10.8 Å². The summed E-state index contributed by atoms with van der Waals surface area (Å²) in [6, 6.07) is 0. The van der Waals surface area contributed by atoms with Crippen LogP contribution < -0.4 is 0 Å². The summed E-state index contributed by atoms with van der Waals surface area (Å²) >= 11 is 0. The van der Waals surface area contributed by atoms with Gasteiger partial charge in [-0.05, 0) is 86.4 Å². The van der Waals surface area contributed by atoms with E-state index in [1.807, 2.05) is 5.57 Å². The maximum atomic E-state index is 4.13. The van der Waals surface area contributed by atoms with E-state index in [1.165, 1.54) is 70.6 Å². The highest BCUT2D eigenvalue weighted by atomic mass is 14.6. The van der Waals surface area contributed by atoms with Gasteiger partial charge in [0.2, 0.25) is 0 Å². The Hall–Kier alpha value is -0.520. The molecule has 3 fully saturated rings. The third-order valence-electron chi connectivity index (χ3n) is 8.03. The van der Waals surface area contributed by atoms with E-state index in [1.54, 1.807) is 0 Å². The number of fused-ring (bicyclic) bond motifs is 5. The Balaban J connectivity index is 1.72. The van der Waals surface area contributed by atoms with Gasteiger partial charge < -0.3 is 0 Å². The quantitative estimate of drug-likeness (QED) is 0.523. The van der Waals surface area contributed by atoms with Crippen molar-refractivity contribution >= 4 is 0 Å². The van der Waals surface area contributed by atoms with Gasteiger partial charge in [0.05, 0.1) is 0 Å². The average molecular weight is 284 g/mol. The summed E-state index contributed by atoms with van der Waals surface area (Å²) in [5.74, 6) is 3.00. The van der Waals surface area contributed by atoms with Crippen molar-refractivity contribution in [2.75, 3.05) is 0 Å². The van der Waals surface area contributed by atoms with Crippen molar-refractivity contribution in [1.29, 1.82) is 0 Å². The Morgan fingerprint density at radius 2 is 2.05 bits per heavy atom. The molecule has 0 radical (unpaired) electrons. The Kier molecular flexibility index (Phi) is 3.36. The largest absolute Gasteiger partial charge is 0.103 e. The SMILES string of the molecule is C=CC[C@]12CCCCC1=CC[C@@H]1[C@H]2CC[C@]2(C)CCC[C@@H]12. The van der Waals surface area contributed by atoms with Crippen molar-refractivity contribution in [2.45, 2.75) is 77.6 Å². The minimum absolute atomic E-state index is 0.535. The molecule has 0 bridgehead atoms. The third kappa shape index (κ3) is 1.93. The number of rotatable bonds is 2. The van der Waals surface area contributed by atoms with Crippen LogP contribution in [0.5, 0.6) is 0 Å². The molecule has 0 heteroatoms. The molecule has 5 atom stereocenters. The maximum absolute atomic E-state index is 4.13. The average Bonchev–Trinajstić information content (AvgIpc) is 2.89. The molecule has 0 heterocycles. The van der Waals surface area contributed by atoms with Crippen LogP contribution in [0.2, 0.25) is 0 Å². The summed E-state index contributed by atoms with van der Waals surface area (Å²) < 4.78 is 0. The minimum Gasteiger partial charge on any atom is -0.103 e. The first-order valence-corrected chi connectivity index (χ1v) is 9.50. The lowest BCUT2D eigenvalue weighted by Gasteiger charge is -2.58. The van der Waals surface area contributed by atoms with Gasteiger partial charge >= 0.3 is 0 Å². The van der Waals surface area contributed by atoms with E-state index in [0.717, 1.165) is 17.8 Å². The second kappa shape index (κ2) is 5.00. The van der Waals surface area contributed by atoms with Crippen LogP contribution in [0.25, 0.3) is 0 Å². The van der Waals surface area contributed by atoms with E-state index in [9.17, 15) is 0 Å². The summed E-state index contributed by atoms with van der Waals surface area (Å²) in [6.07, 6.45) is 20.9. The summed E-state index contributed by atoms with van der Waals surface area (Å²) in [7, 11) is 0.